The third-order valence-corrected chi connectivity index (χ3v) is 5.42. The van der Waals surface area contributed by atoms with Crippen molar-refractivity contribution in [3.05, 3.63) is 10.6 Å². The van der Waals surface area contributed by atoms with Gasteiger partial charge in [-0.3, -0.25) is 4.79 Å². The van der Waals surface area contributed by atoms with E-state index in [-0.39, 0.29) is 12.8 Å². The number of aromatic nitrogens is 1. The molecule has 21 heavy (non-hydrogen) atoms. The predicted molar refractivity (Wildman–Crippen MR) is 71.8 cm³/mol. The zero-order chi connectivity index (χ0) is 15.2. The van der Waals surface area contributed by atoms with Gasteiger partial charge in [0.1, 0.15) is 5.92 Å². The first-order chi connectivity index (χ1) is 9.86. The maximum Gasteiger partial charge on any atom is 0.391 e. The van der Waals surface area contributed by atoms with Gasteiger partial charge in [-0.25, -0.2) is 4.98 Å². The van der Waals surface area contributed by atoms with E-state index in [4.69, 9.17) is 5.11 Å². The third kappa shape index (κ3) is 2.73. The highest BCUT2D eigenvalue weighted by Gasteiger charge is 2.42. The van der Waals surface area contributed by atoms with Crippen LogP contribution in [-0.4, -0.2) is 35.3 Å². The Morgan fingerprint density at radius 2 is 1.95 bits per heavy atom. The summed E-state index contributed by atoms with van der Waals surface area (Å²) in [5, 5.41) is 9.80. The molecule has 0 saturated carbocycles. The number of carbonyl (C=O) groups is 1. The molecule has 1 aromatic rings. The summed E-state index contributed by atoms with van der Waals surface area (Å²) in [6.07, 6.45) is -2.69. The van der Waals surface area contributed by atoms with Crippen molar-refractivity contribution in [3.63, 3.8) is 0 Å². The summed E-state index contributed by atoms with van der Waals surface area (Å²) in [4.78, 5) is 18.3. The number of halogens is 3. The van der Waals surface area contributed by atoms with Gasteiger partial charge in [0, 0.05) is 18.0 Å². The number of fused-ring (bicyclic) bond motifs is 1. The highest BCUT2D eigenvalue weighted by molar-refractivity contribution is 7.15. The second-order valence-electron chi connectivity index (χ2n) is 5.54. The molecule has 1 atom stereocenters. The van der Waals surface area contributed by atoms with Crippen LogP contribution in [-0.2, 0) is 11.2 Å². The van der Waals surface area contributed by atoms with Gasteiger partial charge in [-0.05, 0) is 25.7 Å². The Kier molecular flexibility index (Phi) is 3.59. The Labute approximate surface area is 123 Å². The third-order valence-electron chi connectivity index (χ3n) is 4.23. The highest BCUT2D eigenvalue weighted by atomic mass is 32.1. The summed E-state index contributed by atoms with van der Waals surface area (Å²) >= 11 is 1.43. The van der Waals surface area contributed by atoms with Crippen LogP contribution in [0.2, 0.25) is 0 Å². The first-order valence-corrected chi connectivity index (χ1v) is 7.72. The first-order valence-electron chi connectivity index (χ1n) is 6.90. The number of anilines is 1. The number of carboxylic acids is 1. The van der Waals surface area contributed by atoms with Crippen LogP contribution in [0.4, 0.5) is 18.3 Å². The van der Waals surface area contributed by atoms with Crippen LogP contribution < -0.4 is 4.90 Å². The number of carboxylic acid groups (broad SMARTS) is 1. The van der Waals surface area contributed by atoms with E-state index in [0.29, 0.717) is 36.8 Å². The Balaban J connectivity index is 1.70. The number of piperidine rings is 1. The topological polar surface area (TPSA) is 53.4 Å². The monoisotopic (exact) mass is 320 g/mol. The molecule has 1 saturated heterocycles. The minimum absolute atomic E-state index is 0.0795. The summed E-state index contributed by atoms with van der Waals surface area (Å²) in [6.45, 7) is 0.655. The second kappa shape index (κ2) is 5.15. The lowest BCUT2D eigenvalue weighted by atomic mass is 9.97. The van der Waals surface area contributed by atoms with E-state index in [1.807, 2.05) is 4.90 Å². The first kappa shape index (κ1) is 14.6. The maximum absolute atomic E-state index is 12.6. The molecule has 2 aliphatic rings. The van der Waals surface area contributed by atoms with Gasteiger partial charge in [-0.1, -0.05) is 0 Å². The molecule has 1 fully saturated rings. The van der Waals surface area contributed by atoms with Crippen LogP contribution in [0.3, 0.4) is 0 Å². The number of rotatable bonds is 2. The van der Waals surface area contributed by atoms with Gasteiger partial charge < -0.3 is 10.0 Å². The molecule has 0 amide bonds. The van der Waals surface area contributed by atoms with Crippen LogP contribution in [0.25, 0.3) is 0 Å². The minimum Gasteiger partial charge on any atom is -0.481 e. The molecule has 1 aliphatic heterocycles. The highest BCUT2D eigenvalue weighted by Crippen LogP contribution is 2.41. The minimum atomic E-state index is -4.12. The van der Waals surface area contributed by atoms with Crippen molar-refractivity contribution in [1.29, 1.82) is 0 Å². The van der Waals surface area contributed by atoms with Gasteiger partial charge in [0.25, 0.3) is 0 Å². The van der Waals surface area contributed by atoms with Crippen molar-refractivity contribution in [3.8, 4) is 0 Å². The van der Waals surface area contributed by atoms with Gasteiger partial charge >= 0.3 is 12.1 Å². The quantitative estimate of drug-likeness (QED) is 0.910. The molecule has 116 valence electrons. The van der Waals surface area contributed by atoms with Crippen LogP contribution in [0, 0.1) is 5.92 Å². The summed E-state index contributed by atoms with van der Waals surface area (Å²) in [5.74, 6) is -2.66. The van der Waals surface area contributed by atoms with Gasteiger partial charge in [-0.2, -0.15) is 13.2 Å². The molecular formula is C13H15F3N2O2S. The summed E-state index contributed by atoms with van der Waals surface area (Å²) in [6, 6.07) is 0. The van der Waals surface area contributed by atoms with Crippen LogP contribution in [0.1, 0.15) is 35.8 Å². The fourth-order valence-electron chi connectivity index (χ4n) is 2.99. The Hall–Kier alpha value is -1.31. The van der Waals surface area contributed by atoms with Crippen LogP contribution >= 0.6 is 11.3 Å². The lowest BCUT2D eigenvalue weighted by Gasteiger charge is -2.32. The van der Waals surface area contributed by atoms with Crippen molar-refractivity contribution in [2.75, 3.05) is 18.0 Å². The number of hydrogen-bond acceptors (Lipinski definition) is 4. The normalized spacial score (nSPS) is 23.4. The summed E-state index contributed by atoms with van der Waals surface area (Å²) in [7, 11) is 0. The van der Waals surface area contributed by atoms with Crippen molar-refractivity contribution in [2.24, 2.45) is 5.92 Å². The Morgan fingerprint density at radius 1 is 1.29 bits per heavy atom. The lowest BCUT2D eigenvalue weighted by Crippen LogP contribution is -2.39. The molecule has 3 rings (SSSR count). The molecule has 8 heteroatoms. The standard InChI is InChI=1S/C13H15F3N2O2S/c14-13(15,16)7-3-5-18(6-4-7)12-17-10-8(11(19)20)1-2-9(10)21-12/h7-8H,1-6H2,(H,19,20). The Bertz CT molecular complexity index is 550. The fourth-order valence-corrected chi connectivity index (χ4v) is 4.18. The average molecular weight is 320 g/mol. The van der Waals surface area contributed by atoms with E-state index >= 15 is 0 Å². The number of alkyl halides is 3. The van der Waals surface area contributed by atoms with Crippen molar-refractivity contribution >= 4 is 22.4 Å². The van der Waals surface area contributed by atoms with Gasteiger partial charge in [0.05, 0.1) is 11.6 Å². The molecule has 4 nitrogen and oxygen atoms in total. The van der Waals surface area contributed by atoms with E-state index in [1.165, 1.54) is 11.3 Å². The molecule has 1 aromatic heterocycles. The van der Waals surface area contributed by atoms with Crippen LogP contribution in [0.5, 0.6) is 0 Å². The Morgan fingerprint density at radius 3 is 2.52 bits per heavy atom. The van der Waals surface area contributed by atoms with Crippen molar-refractivity contribution in [1.82, 2.24) is 4.98 Å². The predicted octanol–water partition coefficient (Wildman–Crippen LogP) is 3.04. The number of aliphatic carboxylic acids is 1. The smallest absolute Gasteiger partial charge is 0.391 e. The van der Waals surface area contributed by atoms with E-state index in [1.54, 1.807) is 0 Å². The fraction of sp³-hybridized carbons (Fsp3) is 0.692. The molecule has 0 bridgehead atoms. The number of hydrogen-bond donors (Lipinski definition) is 1. The molecule has 1 N–H and O–H groups in total. The molecule has 1 unspecified atom stereocenters. The van der Waals surface area contributed by atoms with E-state index in [9.17, 15) is 18.0 Å². The zero-order valence-corrected chi connectivity index (χ0v) is 12.0. The molecule has 2 heterocycles. The van der Waals surface area contributed by atoms with Crippen LogP contribution in [0.15, 0.2) is 0 Å². The molecule has 0 aromatic carbocycles. The lowest BCUT2D eigenvalue weighted by molar-refractivity contribution is -0.179. The molecule has 0 radical (unpaired) electrons. The molecule has 1 aliphatic carbocycles. The van der Waals surface area contributed by atoms with E-state index in [0.717, 1.165) is 4.88 Å². The van der Waals surface area contributed by atoms with Gasteiger partial charge in [0.2, 0.25) is 0 Å². The number of aryl methyl sites for hydroxylation is 1. The van der Waals surface area contributed by atoms with Crippen molar-refractivity contribution in [2.45, 2.75) is 37.8 Å². The second-order valence-corrected chi connectivity index (χ2v) is 6.60. The number of nitrogens with zero attached hydrogens (tertiary/aromatic N) is 2. The van der Waals surface area contributed by atoms with Gasteiger partial charge in [-0.15, -0.1) is 11.3 Å². The summed E-state index contributed by atoms with van der Waals surface area (Å²) in [5.41, 5.74) is 0.612. The molecule has 0 spiro atoms. The average Bonchev–Trinajstić information content (AvgIpc) is 2.96. The largest absolute Gasteiger partial charge is 0.481 e. The maximum atomic E-state index is 12.6. The zero-order valence-electron chi connectivity index (χ0n) is 11.2. The van der Waals surface area contributed by atoms with Gasteiger partial charge in [0.15, 0.2) is 5.13 Å². The van der Waals surface area contributed by atoms with Crippen molar-refractivity contribution < 1.29 is 23.1 Å². The van der Waals surface area contributed by atoms with E-state index in [2.05, 4.69) is 4.98 Å². The summed E-state index contributed by atoms with van der Waals surface area (Å²) < 4.78 is 37.9. The molecular weight excluding hydrogens is 305 g/mol. The SMILES string of the molecule is O=C(O)C1CCc2sc(N3CCC(C(F)(F)F)CC3)nc21. The number of thiazole rings is 1. The van der Waals surface area contributed by atoms with E-state index < -0.39 is 24.0 Å².